The predicted octanol–water partition coefficient (Wildman–Crippen LogP) is 4.67. The summed E-state index contributed by atoms with van der Waals surface area (Å²) in [6.07, 6.45) is 0. The largest absolute Gasteiger partial charge is 0.491 e. The molecule has 0 spiro atoms. The van der Waals surface area contributed by atoms with E-state index in [1.54, 1.807) is 6.07 Å². The second-order valence-corrected chi connectivity index (χ2v) is 5.22. The van der Waals surface area contributed by atoms with Gasteiger partial charge in [0.25, 0.3) is 0 Å². The summed E-state index contributed by atoms with van der Waals surface area (Å²) in [5, 5.41) is 0.926. The van der Waals surface area contributed by atoms with E-state index >= 15 is 0 Å². The summed E-state index contributed by atoms with van der Waals surface area (Å²) in [6.45, 7) is 4.11. The molecule has 0 saturated heterocycles. The zero-order valence-electron chi connectivity index (χ0n) is 13.8. The first kappa shape index (κ1) is 17.9. The van der Waals surface area contributed by atoms with E-state index in [9.17, 15) is 4.39 Å². The number of rotatable bonds is 4. The summed E-state index contributed by atoms with van der Waals surface area (Å²) in [4.78, 5) is 10.8. The molecule has 0 radical (unpaired) electrons. The van der Waals surface area contributed by atoms with Crippen molar-refractivity contribution in [2.45, 2.75) is 13.8 Å². The highest BCUT2D eigenvalue weighted by Crippen LogP contribution is 2.31. The minimum Gasteiger partial charge on any atom is -0.491 e. The van der Waals surface area contributed by atoms with Crippen molar-refractivity contribution in [1.29, 1.82) is 0 Å². The summed E-state index contributed by atoms with van der Waals surface area (Å²) in [7, 11) is 1.86. The van der Waals surface area contributed by atoms with Crippen molar-refractivity contribution in [3.05, 3.63) is 54.1 Å². The number of fused-ring (bicyclic) bond motifs is 1. The Morgan fingerprint density at radius 1 is 1.12 bits per heavy atom. The molecule has 0 N–H and O–H groups in total. The molecule has 1 heterocycles. The zero-order valence-corrected chi connectivity index (χ0v) is 14.6. The van der Waals surface area contributed by atoms with E-state index in [4.69, 9.17) is 4.74 Å². The molecule has 0 aliphatic heterocycles. The lowest BCUT2D eigenvalue weighted by molar-refractivity contribution is 0.321. The van der Waals surface area contributed by atoms with Crippen LogP contribution in [0.25, 0.3) is 10.9 Å². The van der Waals surface area contributed by atoms with E-state index in [0.29, 0.717) is 18.1 Å². The molecule has 0 unspecified atom stereocenters. The molecular formula is C18H19ClFN3O. The molecule has 0 fully saturated rings. The molecule has 0 amide bonds. The first-order valence-electron chi connectivity index (χ1n) is 7.49. The van der Waals surface area contributed by atoms with Crippen molar-refractivity contribution in [1.82, 2.24) is 9.97 Å². The third-order valence-electron chi connectivity index (χ3n) is 3.62. The van der Waals surface area contributed by atoms with Gasteiger partial charge in [0.15, 0.2) is 11.6 Å². The number of hydrogen-bond donors (Lipinski definition) is 0. The number of para-hydroxylation sites is 1. The fraction of sp³-hybridized carbons (Fsp3) is 0.222. The van der Waals surface area contributed by atoms with Crippen LogP contribution in [0.1, 0.15) is 12.7 Å². The van der Waals surface area contributed by atoms with E-state index in [2.05, 4.69) is 9.97 Å². The molecule has 0 saturated carbocycles. The monoisotopic (exact) mass is 347 g/mol. The van der Waals surface area contributed by atoms with Crippen molar-refractivity contribution in [2.24, 2.45) is 0 Å². The molecule has 0 aliphatic rings. The Labute approximate surface area is 146 Å². The predicted molar refractivity (Wildman–Crippen MR) is 97.2 cm³/mol. The van der Waals surface area contributed by atoms with E-state index < -0.39 is 0 Å². The van der Waals surface area contributed by atoms with Gasteiger partial charge < -0.3 is 9.64 Å². The maximum atomic E-state index is 14.1. The highest BCUT2D eigenvalue weighted by molar-refractivity contribution is 5.91. The van der Waals surface area contributed by atoms with E-state index in [-0.39, 0.29) is 24.0 Å². The van der Waals surface area contributed by atoms with E-state index in [0.717, 1.165) is 16.7 Å². The van der Waals surface area contributed by atoms with Crippen LogP contribution in [0.4, 0.5) is 15.9 Å². The maximum Gasteiger partial charge on any atom is 0.167 e. The first-order chi connectivity index (χ1) is 11.1. The number of aryl methyl sites for hydroxylation is 1. The van der Waals surface area contributed by atoms with Crippen LogP contribution in [0.5, 0.6) is 5.75 Å². The third-order valence-corrected chi connectivity index (χ3v) is 3.62. The Bertz CT molecular complexity index is 857. The van der Waals surface area contributed by atoms with Gasteiger partial charge in [0, 0.05) is 24.2 Å². The second-order valence-electron chi connectivity index (χ2n) is 5.22. The molecular weight excluding hydrogens is 329 g/mol. The van der Waals surface area contributed by atoms with Crippen molar-refractivity contribution >= 4 is 34.8 Å². The fourth-order valence-electron chi connectivity index (χ4n) is 2.52. The summed E-state index contributed by atoms with van der Waals surface area (Å²) in [6, 6.07) is 12.7. The highest BCUT2D eigenvalue weighted by Gasteiger charge is 2.13. The normalized spacial score (nSPS) is 10.3. The molecule has 0 aliphatic carbocycles. The van der Waals surface area contributed by atoms with Gasteiger partial charge in [-0.15, -0.1) is 12.4 Å². The second kappa shape index (κ2) is 7.45. The molecule has 4 nitrogen and oxygen atoms in total. The summed E-state index contributed by atoms with van der Waals surface area (Å²) in [5.41, 5.74) is 1.57. The molecule has 3 aromatic rings. The highest BCUT2D eigenvalue weighted by atomic mass is 35.5. The average molecular weight is 348 g/mol. The van der Waals surface area contributed by atoms with E-state index in [1.165, 1.54) is 6.07 Å². The number of aromatic nitrogens is 2. The van der Waals surface area contributed by atoms with Crippen LogP contribution in [-0.2, 0) is 0 Å². The number of hydrogen-bond acceptors (Lipinski definition) is 4. The topological polar surface area (TPSA) is 38.2 Å². The van der Waals surface area contributed by atoms with Gasteiger partial charge in [0.1, 0.15) is 11.6 Å². The van der Waals surface area contributed by atoms with Crippen LogP contribution in [0.3, 0.4) is 0 Å². The molecule has 0 bridgehead atoms. The Morgan fingerprint density at radius 2 is 1.88 bits per heavy atom. The maximum absolute atomic E-state index is 14.1. The van der Waals surface area contributed by atoms with Gasteiger partial charge in [-0.05, 0) is 38.1 Å². The lowest BCUT2D eigenvalue weighted by Crippen LogP contribution is -2.13. The first-order valence-corrected chi connectivity index (χ1v) is 7.49. The standard InChI is InChI=1S/C18H18FN3O.ClH/c1-4-23-17-10-9-13(11-15(17)19)22(3)18-14-7-5-6-8-16(14)20-12(2)21-18;/h5-11H,4H2,1-3H3;1H. The molecule has 24 heavy (non-hydrogen) atoms. The van der Waals surface area contributed by atoms with Crippen LogP contribution in [0, 0.1) is 12.7 Å². The zero-order chi connectivity index (χ0) is 16.4. The van der Waals surface area contributed by atoms with Crippen molar-refractivity contribution in [3.63, 3.8) is 0 Å². The summed E-state index contributed by atoms with van der Waals surface area (Å²) in [5.74, 6) is 1.30. The van der Waals surface area contributed by atoms with Gasteiger partial charge in [-0.1, -0.05) is 12.1 Å². The minimum atomic E-state index is -0.383. The minimum absolute atomic E-state index is 0. The van der Waals surface area contributed by atoms with Crippen LogP contribution < -0.4 is 9.64 Å². The van der Waals surface area contributed by atoms with Crippen LogP contribution in [-0.4, -0.2) is 23.6 Å². The Morgan fingerprint density at radius 3 is 2.58 bits per heavy atom. The molecule has 0 atom stereocenters. The molecule has 3 rings (SSSR count). The Balaban J connectivity index is 0.00000208. The Kier molecular flexibility index (Phi) is 5.57. The van der Waals surface area contributed by atoms with Gasteiger partial charge in [-0.3, -0.25) is 0 Å². The molecule has 126 valence electrons. The molecule has 2 aromatic carbocycles. The average Bonchev–Trinajstić information content (AvgIpc) is 2.55. The SMILES string of the molecule is CCOc1ccc(N(C)c2nc(C)nc3ccccc23)cc1F.Cl. The van der Waals surface area contributed by atoms with E-state index in [1.807, 2.05) is 56.1 Å². The number of benzene rings is 2. The quantitative estimate of drug-likeness (QED) is 0.687. The lowest BCUT2D eigenvalue weighted by atomic mass is 10.2. The van der Waals surface area contributed by atoms with Crippen molar-refractivity contribution < 1.29 is 9.13 Å². The fourth-order valence-corrected chi connectivity index (χ4v) is 2.52. The number of nitrogens with zero attached hydrogens (tertiary/aromatic N) is 3. The van der Waals surface area contributed by atoms with Crippen LogP contribution >= 0.6 is 12.4 Å². The van der Waals surface area contributed by atoms with Gasteiger partial charge >= 0.3 is 0 Å². The van der Waals surface area contributed by atoms with Gasteiger partial charge in [0.05, 0.1) is 12.1 Å². The molecule has 1 aromatic heterocycles. The Hall–Kier alpha value is -2.40. The number of halogens is 2. The van der Waals surface area contributed by atoms with Gasteiger partial charge in [-0.2, -0.15) is 0 Å². The number of anilines is 2. The lowest BCUT2D eigenvalue weighted by Gasteiger charge is -2.21. The smallest absolute Gasteiger partial charge is 0.167 e. The van der Waals surface area contributed by atoms with Crippen molar-refractivity contribution in [3.8, 4) is 5.75 Å². The summed E-state index contributed by atoms with van der Waals surface area (Å²) < 4.78 is 19.4. The third kappa shape index (κ3) is 3.41. The summed E-state index contributed by atoms with van der Waals surface area (Å²) >= 11 is 0. The number of ether oxygens (including phenoxy) is 1. The van der Waals surface area contributed by atoms with Gasteiger partial charge in [-0.25, -0.2) is 14.4 Å². The van der Waals surface area contributed by atoms with Crippen LogP contribution in [0.15, 0.2) is 42.5 Å². The molecule has 6 heteroatoms. The van der Waals surface area contributed by atoms with Gasteiger partial charge in [0.2, 0.25) is 0 Å². The van der Waals surface area contributed by atoms with Crippen molar-refractivity contribution in [2.75, 3.05) is 18.6 Å². The van der Waals surface area contributed by atoms with Crippen LogP contribution in [0.2, 0.25) is 0 Å².